The molecule has 50 heavy (non-hydrogen) atoms. The summed E-state index contributed by atoms with van der Waals surface area (Å²) in [5, 5.41) is 10.2. The molecule has 1 atom stereocenters. The third-order valence-corrected chi connectivity index (χ3v) is 10.9. The number of rotatable bonds is 12. The van der Waals surface area contributed by atoms with E-state index in [9.17, 15) is 18.0 Å². The number of nitrogens with zero attached hydrogens (tertiary/aromatic N) is 3. The summed E-state index contributed by atoms with van der Waals surface area (Å²) in [6, 6.07) is 16.3. The first-order valence-electron chi connectivity index (χ1n) is 15.4. The number of fused-ring (bicyclic) bond motifs is 1. The van der Waals surface area contributed by atoms with Crippen molar-refractivity contribution in [1.29, 1.82) is 0 Å². The van der Waals surface area contributed by atoms with Crippen LogP contribution in [0.3, 0.4) is 0 Å². The predicted octanol–water partition coefficient (Wildman–Crippen LogP) is 5.96. The minimum atomic E-state index is -4.17. The summed E-state index contributed by atoms with van der Waals surface area (Å²) >= 11 is 13.2. The van der Waals surface area contributed by atoms with Gasteiger partial charge < -0.3 is 21.2 Å². The number of nitrogens with two attached hydrogens (primary N) is 1. The van der Waals surface area contributed by atoms with Crippen LogP contribution >= 0.6 is 48.0 Å². The molecule has 0 spiro atoms. The van der Waals surface area contributed by atoms with Gasteiger partial charge in [-0.15, -0.1) is 24.8 Å². The highest BCUT2D eigenvalue weighted by molar-refractivity contribution is 7.89. The van der Waals surface area contributed by atoms with E-state index in [1.165, 1.54) is 22.7 Å². The molecule has 4 N–H and O–H groups in total. The van der Waals surface area contributed by atoms with Crippen LogP contribution in [0.5, 0.6) is 5.75 Å². The molecule has 4 aromatic rings. The van der Waals surface area contributed by atoms with Crippen molar-refractivity contribution in [3.05, 3.63) is 98.7 Å². The Morgan fingerprint density at radius 1 is 1.06 bits per heavy atom. The first-order chi connectivity index (χ1) is 23.0. The average Bonchev–Trinajstić information content (AvgIpc) is 3.56. The van der Waals surface area contributed by atoms with Gasteiger partial charge in [-0.3, -0.25) is 9.59 Å². The van der Waals surface area contributed by atoms with E-state index in [0.29, 0.717) is 48.2 Å². The molecule has 2 heterocycles. The van der Waals surface area contributed by atoms with Gasteiger partial charge in [0.1, 0.15) is 28.8 Å². The summed E-state index contributed by atoms with van der Waals surface area (Å²) in [4.78, 5) is 30.0. The molecule has 0 saturated carbocycles. The highest BCUT2D eigenvalue weighted by Crippen LogP contribution is 2.36. The third-order valence-electron chi connectivity index (χ3n) is 8.09. The Morgan fingerprint density at radius 3 is 2.50 bits per heavy atom. The van der Waals surface area contributed by atoms with Gasteiger partial charge in [0.25, 0.3) is 5.91 Å². The van der Waals surface area contributed by atoms with E-state index in [1.54, 1.807) is 30.3 Å². The van der Waals surface area contributed by atoms with Crippen molar-refractivity contribution in [1.82, 2.24) is 19.9 Å². The van der Waals surface area contributed by atoms with Crippen LogP contribution in [0, 0.1) is 13.8 Å². The second kappa shape index (κ2) is 18.0. The summed E-state index contributed by atoms with van der Waals surface area (Å²) in [5.41, 5.74) is 4.14. The molecule has 1 fully saturated rings. The fourth-order valence-corrected chi connectivity index (χ4v) is 8.19. The van der Waals surface area contributed by atoms with Crippen molar-refractivity contribution >= 4 is 87.0 Å². The molecule has 0 unspecified atom stereocenters. The number of hydrogen-bond donors (Lipinski definition) is 3. The van der Waals surface area contributed by atoms with Crippen molar-refractivity contribution in [2.45, 2.75) is 50.7 Å². The van der Waals surface area contributed by atoms with Crippen LogP contribution in [0.25, 0.3) is 10.9 Å². The Hall–Kier alpha value is -3.65. The fraction of sp³-hybridized carbons (Fsp3) is 0.294. The average molecular weight is 785 g/mol. The lowest BCUT2D eigenvalue weighted by molar-refractivity contribution is -0.124. The van der Waals surface area contributed by atoms with Gasteiger partial charge in [-0.25, -0.2) is 13.4 Å². The number of hydrazone groups is 1. The summed E-state index contributed by atoms with van der Waals surface area (Å²) in [6.07, 6.45) is 2.80. The maximum Gasteiger partial charge on any atom is 0.251 e. The van der Waals surface area contributed by atoms with Gasteiger partial charge in [-0.1, -0.05) is 47.5 Å². The number of hydrogen-bond acceptors (Lipinski definition) is 8. The highest BCUT2D eigenvalue weighted by atomic mass is 35.5. The smallest absolute Gasteiger partial charge is 0.251 e. The second-order valence-electron chi connectivity index (χ2n) is 11.4. The molecule has 1 saturated heterocycles. The number of aromatic nitrogens is 1. The zero-order valence-electron chi connectivity index (χ0n) is 27.3. The van der Waals surface area contributed by atoms with Crippen molar-refractivity contribution in [2.24, 2.45) is 10.9 Å². The largest absolute Gasteiger partial charge is 0.487 e. The number of amides is 2. The maximum absolute atomic E-state index is 13.9. The van der Waals surface area contributed by atoms with Gasteiger partial charge in [0.15, 0.2) is 0 Å². The molecule has 0 bridgehead atoms. The van der Waals surface area contributed by atoms with E-state index in [0.717, 1.165) is 22.2 Å². The molecule has 11 nitrogen and oxygen atoms in total. The molecular formula is C34H38Cl4N6O5S. The second-order valence-corrected chi connectivity index (χ2v) is 14.1. The Labute approximate surface area is 313 Å². The van der Waals surface area contributed by atoms with Gasteiger partial charge in [0.05, 0.1) is 11.2 Å². The molecule has 2 amide bonds. The van der Waals surface area contributed by atoms with Crippen LogP contribution in [-0.2, 0) is 21.4 Å². The number of carbonyl (C=O) groups excluding carboxylic acids is 2. The molecule has 3 aromatic carbocycles. The lowest BCUT2D eigenvalue weighted by Gasteiger charge is -2.24. The van der Waals surface area contributed by atoms with E-state index < -0.39 is 22.0 Å². The number of para-hydroxylation sites is 1. The first kappa shape index (κ1) is 40.8. The molecule has 1 aliphatic rings. The molecule has 0 radical (unpaired) electrons. The zero-order chi connectivity index (χ0) is 34.4. The van der Waals surface area contributed by atoms with E-state index in [-0.39, 0.29) is 65.4 Å². The summed E-state index contributed by atoms with van der Waals surface area (Å²) in [6.45, 7) is 4.54. The minimum absolute atomic E-state index is 0. The van der Waals surface area contributed by atoms with Crippen LogP contribution in [0.1, 0.15) is 52.0 Å². The lowest BCUT2D eigenvalue weighted by atomic mass is 10.1. The summed E-state index contributed by atoms with van der Waals surface area (Å²) < 4.78 is 35.1. The van der Waals surface area contributed by atoms with E-state index in [2.05, 4.69) is 20.7 Å². The number of benzene rings is 3. The van der Waals surface area contributed by atoms with Gasteiger partial charge in [-0.05, 0) is 80.6 Å². The number of nitrogens with one attached hydrogen (secondary N) is 2. The third kappa shape index (κ3) is 9.17. The number of aryl methyl sites for hydroxylation is 2. The molecule has 268 valence electrons. The molecule has 0 aliphatic carbocycles. The van der Waals surface area contributed by atoms with Crippen molar-refractivity contribution in [2.75, 3.05) is 19.6 Å². The van der Waals surface area contributed by atoms with Crippen molar-refractivity contribution in [3.63, 3.8) is 0 Å². The fourth-order valence-electron chi connectivity index (χ4n) is 5.67. The molecule has 1 aromatic heterocycles. The molecular weight excluding hydrogens is 746 g/mol. The Bertz CT molecular complexity index is 1980. The summed E-state index contributed by atoms with van der Waals surface area (Å²) in [7, 11) is -4.17. The van der Waals surface area contributed by atoms with Crippen molar-refractivity contribution < 1.29 is 22.7 Å². The van der Waals surface area contributed by atoms with Gasteiger partial charge in [0.2, 0.25) is 15.9 Å². The Kier molecular flexibility index (Phi) is 14.7. The van der Waals surface area contributed by atoms with Crippen LogP contribution < -0.4 is 21.2 Å². The normalized spacial score (nSPS) is 14.6. The number of ether oxygens (including phenoxy) is 1. The van der Waals surface area contributed by atoms with Crippen LogP contribution in [-0.4, -0.2) is 61.4 Å². The van der Waals surface area contributed by atoms with E-state index >= 15 is 0 Å². The van der Waals surface area contributed by atoms with Gasteiger partial charge in [-0.2, -0.15) is 9.41 Å². The highest BCUT2D eigenvalue weighted by Gasteiger charge is 2.40. The quantitative estimate of drug-likeness (QED) is 0.0693. The number of pyridine rings is 1. The van der Waals surface area contributed by atoms with Crippen LogP contribution in [0.15, 0.2) is 70.7 Å². The number of halogens is 4. The van der Waals surface area contributed by atoms with Gasteiger partial charge in [0, 0.05) is 46.9 Å². The van der Waals surface area contributed by atoms with E-state index in [1.807, 2.05) is 32.0 Å². The lowest BCUT2D eigenvalue weighted by Crippen LogP contribution is -2.46. The number of sulfonamides is 1. The predicted molar refractivity (Wildman–Crippen MR) is 202 cm³/mol. The zero-order valence-corrected chi connectivity index (χ0v) is 31.3. The Balaban J connectivity index is 0.00000338. The first-order valence-corrected chi connectivity index (χ1v) is 17.6. The van der Waals surface area contributed by atoms with Crippen molar-refractivity contribution in [3.8, 4) is 5.75 Å². The van der Waals surface area contributed by atoms with Crippen LogP contribution in [0.2, 0.25) is 10.0 Å². The maximum atomic E-state index is 13.9. The molecule has 5 rings (SSSR count). The van der Waals surface area contributed by atoms with Gasteiger partial charge >= 0.3 is 0 Å². The molecule has 1 aliphatic heterocycles. The SMILES string of the molecule is Cc1cc(C)c2cccc(OCc3c(Cl)ccc(S(=O)(=O)N4CCC[C@H]4C(=O)NCCCNC(=O)c4ccc(C=NN)cc4)c3Cl)c2n1.Cl.Cl. The van der Waals surface area contributed by atoms with Crippen LogP contribution in [0.4, 0.5) is 0 Å². The van der Waals surface area contributed by atoms with E-state index in [4.69, 9.17) is 33.8 Å². The number of carbonyl (C=O) groups is 2. The minimum Gasteiger partial charge on any atom is -0.487 e. The monoisotopic (exact) mass is 782 g/mol. The standard InChI is InChI=1S/C34H36Cl2N6O5S.2ClH/c1-21-18-22(2)41-32-25(21)6-3-8-29(32)47-20-26-27(35)13-14-30(31(26)36)48(45,46)42-17-4-7-28(42)34(44)39-16-5-15-38-33(43)24-11-9-23(10-12-24)19-40-37;;/h3,6,8-14,18-19,28H,4-5,7,15-17,20,37H2,1-2H3,(H,38,43)(H,39,44);2*1H/t28-;;/m0../s1. The summed E-state index contributed by atoms with van der Waals surface area (Å²) in [5.74, 6) is 4.99. The topological polar surface area (TPSA) is 156 Å². The Morgan fingerprint density at radius 2 is 1.78 bits per heavy atom. The molecule has 16 heteroatoms.